The van der Waals surface area contributed by atoms with Crippen LogP contribution in [0, 0.1) is 12.1 Å². The van der Waals surface area contributed by atoms with E-state index in [1.165, 1.54) is 31.3 Å². The van der Waals surface area contributed by atoms with Crippen LogP contribution in [0.5, 0.6) is 0 Å². The van der Waals surface area contributed by atoms with E-state index in [1.54, 1.807) is 0 Å². The summed E-state index contributed by atoms with van der Waals surface area (Å²) in [6, 6.07) is 66.1. The van der Waals surface area contributed by atoms with Gasteiger partial charge in [-0.25, -0.2) is 0 Å². The van der Waals surface area contributed by atoms with Crippen LogP contribution in [-0.2, 0) is 20.1 Å². The second-order valence-corrected chi connectivity index (χ2v) is 28.2. The number of nitrogens with zero attached hydrogens (tertiary/aromatic N) is 3. The zero-order valence-corrected chi connectivity index (χ0v) is 40.8. The summed E-state index contributed by atoms with van der Waals surface area (Å²) in [6.45, 7) is 3.91. The van der Waals surface area contributed by atoms with Crippen LogP contribution in [0.3, 0.4) is 0 Å². The van der Waals surface area contributed by atoms with Crippen molar-refractivity contribution >= 4 is 99.2 Å². The maximum atomic E-state index is 8.44. The number of fused-ring (bicyclic) bond motifs is 11. The first-order valence-corrected chi connectivity index (χ1v) is 28.9. The van der Waals surface area contributed by atoms with Gasteiger partial charge in [-0.3, -0.25) is 4.98 Å². The monoisotopic (exact) mass is 1070 g/mol. The van der Waals surface area contributed by atoms with Crippen molar-refractivity contribution in [3.63, 3.8) is 0 Å². The molecule has 0 unspecified atom stereocenters. The molecular weight excluding hydrogens is 1020 g/mol. The summed E-state index contributed by atoms with van der Waals surface area (Å²) < 4.78 is 18.8. The molecule has 0 aliphatic carbocycles. The summed E-state index contributed by atoms with van der Waals surface area (Å²) in [5, 5.41) is 11.6. The van der Waals surface area contributed by atoms with Gasteiger partial charge in [0.25, 0.3) is 0 Å². The molecule has 0 saturated heterocycles. The smallest absolute Gasteiger partial charge is 0.121 e. The number of benzene rings is 8. The van der Waals surface area contributed by atoms with Crippen molar-refractivity contribution in [1.29, 1.82) is 0 Å². The number of rotatable bonds is 4. The molecule has 0 bridgehead atoms. The molecule has 313 valence electrons. The van der Waals surface area contributed by atoms with E-state index in [4.69, 9.17) is 10.8 Å². The maximum absolute atomic E-state index is 8.44. The summed E-state index contributed by atoms with van der Waals surface area (Å²) in [5.41, 5.74) is 8.61. The van der Waals surface area contributed by atoms with E-state index in [0.29, 0.717) is 0 Å². The van der Waals surface area contributed by atoms with Gasteiger partial charge in [-0.2, -0.15) is 0 Å². The van der Waals surface area contributed by atoms with Crippen LogP contribution in [0.1, 0.15) is 26.7 Å². The molecule has 0 aliphatic heterocycles. The average Bonchev–Trinajstić information content (AvgIpc) is 3.89. The topological polar surface area (TPSA) is 43.3 Å². The van der Waals surface area contributed by atoms with Crippen LogP contribution in [0.4, 0.5) is 0 Å². The molecule has 4 aromatic heterocycles. The maximum Gasteiger partial charge on any atom is 0.121 e. The second kappa shape index (κ2) is 16.6. The van der Waals surface area contributed by atoms with Crippen molar-refractivity contribution in [2.75, 3.05) is 0 Å². The van der Waals surface area contributed by atoms with Gasteiger partial charge in [0.05, 0.1) is 22.4 Å². The molecule has 0 amide bonds. The molecule has 12 aromatic rings. The van der Waals surface area contributed by atoms with Gasteiger partial charge in [0.2, 0.25) is 0 Å². The third-order valence-corrected chi connectivity index (χ3v) is 16.5. The van der Waals surface area contributed by atoms with Crippen LogP contribution in [0.2, 0.25) is 17.3 Å². The van der Waals surface area contributed by atoms with E-state index < -0.39 is 19.2 Å². The summed E-state index contributed by atoms with van der Waals surface area (Å²) in [6.07, 6.45) is 2.00. The largest absolute Gasteiger partial charge is 0.501 e. The van der Waals surface area contributed by atoms with Crippen LogP contribution < -0.4 is 4.40 Å². The molecule has 6 heteroatoms. The number of imidazole rings is 1. The fourth-order valence-electron chi connectivity index (χ4n) is 9.31. The number of hydrogen-bond donors (Lipinski definition) is 0. The first-order chi connectivity index (χ1) is 31.0. The average molecular weight is 1070 g/mol. The Labute approximate surface area is 390 Å². The quantitative estimate of drug-likeness (QED) is 0.130. The molecule has 4 heterocycles. The summed E-state index contributed by atoms with van der Waals surface area (Å²) in [7, 11) is 0. The van der Waals surface area contributed by atoms with Gasteiger partial charge < -0.3 is 8.82 Å². The van der Waals surface area contributed by atoms with E-state index in [2.05, 4.69) is 178 Å². The van der Waals surface area contributed by atoms with Crippen LogP contribution in [-0.4, -0.2) is 27.6 Å². The van der Waals surface area contributed by atoms with Crippen LogP contribution in [0.15, 0.2) is 180 Å². The summed E-state index contributed by atoms with van der Waals surface area (Å²) in [5.74, 6) is 7.26. The minimum absolute atomic E-state index is 0. The molecule has 0 fully saturated rings. The third-order valence-electron chi connectivity index (χ3n) is 12.3. The number of para-hydroxylation sites is 2. The van der Waals surface area contributed by atoms with E-state index in [9.17, 15) is 0 Å². The molecule has 0 spiro atoms. The molecule has 12 rings (SSSR count). The van der Waals surface area contributed by atoms with E-state index >= 15 is 0 Å². The van der Waals surface area contributed by atoms with Crippen molar-refractivity contribution in [2.24, 2.45) is 0 Å². The molecule has 64 heavy (non-hydrogen) atoms. The zero-order valence-electron chi connectivity index (χ0n) is 37.3. The molecule has 0 aliphatic rings. The zero-order chi connectivity index (χ0) is 43.7. The number of hydrogen-bond acceptors (Lipinski definition) is 3. The Bertz CT molecular complexity index is 3830. The van der Waals surface area contributed by atoms with Crippen molar-refractivity contribution in [2.45, 2.75) is 37.0 Å². The summed E-state index contributed by atoms with van der Waals surface area (Å²) >= 11 is -2.03. The van der Waals surface area contributed by atoms with Gasteiger partial charge >= 0.3 is 120 Å². The standard InChI is InChI=1S/C41H23N2O.C17H22GeN.Ir/c1-2-12-26-24-38-35(23-25(26)11-1)33-19-9-20-34(40(33)44-38)41-42-36-21-10-18-32-30-16-6-4-14-28(30)27-13-3-5-15-29(27)31-17-7-8-22-37(31)43(41)39(32)36;1-13(2)15-11-17(14-9-7-6-8-10-14)19-12-16(15)18(3,4)5;/h1-19,21-24H;6-9,11-13H,1-5H3;/q2*-1;/i;13D;. The van der Waals surface area contributed by atoms with Crippen molar-refractivity contribution in [3.8, 4) is 22.6 Å². The predicted molar refractivity (Wildman–Crippen MR) is 269 cm³/mol. The molecule has 8 aromatic carbocycles. The first-order valence-electron chi connectivity index (χ1n) is 22.1. The fourth-order valence-corrected chi connectivity index (χ4v) is 12.6. The SMILES string of the molecule is [2H]C(C)(C)c1cc(-c2[c-]cccc2)nc[c]1[Ge]([CH3])([CH3])[CH3].[Ir].[c-]1ccc2c(oc3cc4ccccc4cc32)c1-c1nc2cccc3c4ccccc4c4ccccc4c4ccccc4n1c23. The van der Waals surface area contributed by atoms with Gasteiger partial charge in [-0.15, -0.1) is 18.2 Å². The Morgan fingerprint density at radius 2 is 1.23 bits per heavy atom. The third kappa shape index (κ3) is 7.13. The van der Waals surface area contributed by atoms with Crippen molar-refractivity contribution < 1.29 is 25.9 Å². The van der Waals surface area contributed by atoms with Gasteiger partial charge in [0.1, 0.15) is 5.58 Å². The molecule has 0 N–H and O–H groups in total. The van der Waals surface area contributed by atoms with Crippen molar-refractivity contribution in [1.82, 2.24) is 14.4 Å². The fraction of sp³-hybridized carbons (Fsp3) is 0.103. The van der Waals surface area contributed by atoms with Gasteiger partial charge in [0, 0.05) is 41.8 Å². The molecule has 0 atom stereocenters. The number of pyridine rings is 1. The predicted octanol–water partition coefficient (Wildman–Crippen LogP) is 15.2. The molecule has 4 nitrogen and oxygen atoms in total. The first kappa shape index (κ1) is 40.4. The van der Waals surface area contributed by atoms with Gasteiger partial charge in [-0.05, 0) is 56.6 Å². The normalized spacial score (nSPS) is 12.2. The van der Waals surface area contributed by atoms with Gasteiger partial charge in [-0.1, -0.05) is 114 Å². The van der Waals surface area contributed by atoms with E-state index in [-0.39, 0.29) is 20.1 Å². The van der Waals surface area contributed by atoms with E-state index in [1.807, 2.05) is 50.4 Å². The number of furan rings is 1. The van der Waals surface area contributed by atoms with E-state index in [0.717, 1.165) is 82.9 Å². The second-order valence-electron chi connectivity index (χ2n) is 17.6. The Morgan fingerprint density at radius 1 is 0.609 bits per heavy atom. The summed E-state index contributed by atoms with van der Waals surface area (Å²) in [4.78, 5) is 9.97. The number of aromatic nitrogens is 3. The van der Waals surface area contributed by atoms with Crippen LogP contribution >= 0.6 is 0 Å². The molecule has 0 saturated carbocycles. The molecule has 1 radical (unpaired) electrons. The van der Waals surface area contributed by atoms with Crippen molar-refractivity contribution in [3.05, 3.63) is 194 Å². The van der Waals surface area contributed by atoms with Crippen LogP contribution in [0.25, 0.3) is 104 Å². The Balaban J connectivity index is 0.000000201. The Hall–Kier alpha value is -6.37. The Morgan fingerprint density at radius 3 is 1.92 bits per heavy atom. The van der Waals surface area contributed by atoms with Gasteiger partial charge in [0.15, 0.2) is 0 Å². The molecular formula is C58H45GeIrN3O-2. The minimum Gasteiger partial charge on any atom is -0.501 e. The minimum atomic E-state index is -2.03. The Kier molecular flexibility index (Phi) is 10.5.